The molecule has 2 heterocycles. The first-order chi connectivity index (χ1) is 16.5. The van der Waals surface area contributed by atoms with E-state index in [1.807, 2.05) is 55.5 Å². The highest BCUT2D eigenvalue weighted by atomic mass is 32.2. The number of amidine groups is 1. The molecule has 2 aliphatic heterocycles. The van der Waals surface area contributed by atoms with Crippen LogP contribution in [0.4, 0.5) is 5.69 Å². The maximum Gasteiger partial charge on any atom is 0.283 e. The molecule has 0 bridgehead atoms. The summed E-state index contributed by atoms with van der Waals surface area (Å²) in [6, 6.07) is 20.4. The predicted octanol–water partition coefficient (Wildman–Crippen LogP) is 4.50. The van der Waals surface area contributed by atoms with Crippen LogP contribution in [0, 0.1) is 6.92 Å². The normalized spacial score (nSPS) is 15.7. The number of anilines is 1. The predicted molar refractivity (Wildman–Crippen MR) is 133 cm³/mol. The lowest BCUT2D eigenvalue weighted by Gasteiger charge is -2.18. The number of carbonyl (C=O) groups is 2. The molecule has 0 unspecified atom stereocenters. The average molecular weight is 472 g/mol. The number of nitrogens with two attached hydrogens (primary N) is 1. The zero-order valence-corrected chi connectivity index (χ0v) is 19.2. The lowest BCUT2D eigenvalue weighted by Crippen LogP contribution is -2.30. The van der Waals surface area contributed by atoms with Gasteiger partial charge in [-0.3, -0.25) is 14.5 Å². The molecule has 3 aromatic rings. The van der Waals surface area contributed by atoms with Crippen molar-refractivity contribution >= 4 is 40.5 Å². The molecule has 0 atom stereocenters. The average Bonchev–Trinajstić information content (AvgIpc) is 3.42. The summed E-state index contributed by atoms with van der Waals surface area (Å²) in [7, 11) is 0. The van der Waals surface area contributed by atoms with E-state index in [-0.39, 0.29) is 12.7 Å². The van der Waals surface area contributed by atoms with E-state index in [4.69, 9.17) is 15.2 Å². The Labute approximate surface area is 200 Å². The fraction of sp³-hybridized carbons (Fsp3) is 0.115. The summed E-state index contributed by atoms with van der Waals surface area (Å²) < 4.78 is 10.8. The number of hydrogen-bond donors (Lipinski definition) is 1. The molecule has 0 aromatic heterocycles. The minimum Gasteiger partial charge on any atom is -0.454 e. The summed E-state index contributed by atoms with van der Waals surface area (Å²) in [4.78, 5) is 31.2. The van der Waals surface area contributed by atoms with Crippen LogP contribution in [0.5, 0.6) is 11.5 Å². The molecule has 0 fully saturated rings. The number of nitrogens with zero attached hydrogens (tertiary/aromatic N) is 2. The van der Waals surface area contributed by atoms with Gasteiger partial charge in [0.1, 0.15) is 5.70 Å². The van der Waals surface area contributed by atoms with E-state index in [0.717, 1.165) is 22.4 Å². The van der Waals surface area contributed by atoms with Crippen LogP contribution in [0.25, 0.3) is 6.08 Å². The molecule has 8 heteroatoms. The number of aliphatic imine (C=N–C) groups is 1. The van der Waals surface area contributed by atoms with Gasteiger partial charge in [-0.1, -0.05) is 47.7 Å². The van der Waals surface area contributed by atoms with Gasteiger partial charge in [0.05, 0.1) is 5.69 Å². The van der Waals surface area contributed by atoms with Crippen LogP contribution >= 0.6 is 11.8 Å². The van der Waals surface area contributed by atoms with E-state index in [9.17, 15) is 9.59 Å². The summed E-state index contributed by atoms with van der Waals surface area (Å²) in [6.07, 6.45) is 1.74. The molecule has 3 aromatic carbocycles. The van der Waals surface area contributed by atoms with Crippen LogP contribution < -0.4 is 20.1 Å². The van der Waals surface area contributed by atoms with Crippen LogP contribution in [-0.2, 0) is 10.5 Å². The number of primary amides is 1. The first-order valence-electron chi connectivity index (χ1n) is 10.6. The van der Waals surface area contributed by atoms with Crippen LogP contribution in [0.2, 0.25) is 0 Å². The van der Waals surface area contributed by atoms with Gasteiger partial charge < -0.3 is 15.2 Å². The number of aryl methyl sites for hydroxylation is 1. The van der Waals surface area contributed by atoms with Crippen molar-refractivity contribution in [3.05, 3.63) is 94.7 Å². The second-order valence-corrected chi connectivity index (χ2v) is 8.81. The minimum atomic E-state index is -0.476. The monoisotopic (exact) mass is 471 g/mol. The number of carbonyl (C=O) groups excluding carboxylic acids is 2. The van der Waals surface area contributed by atoms with E-state index >= 15 is 0 Å². The SMILES string of the molecule is Cc1ccc(N2C(=O)/C(=C\c3ccc4c(c3)OCO4)N=C2SCc2cccc(C(N)=O)c2)cc1. The number of ether oxygens (including phenoxy) is 2. The Kier molecular flexibility index (Phi) is 5.81. The van der Waals surface area contributed by atoms with Gasteiger partial charge in [-0.25, -0.2) is 4.99 Å². The highest BCUT2D eigenvalue weighted by molar-refractivity contribution is 8.13. The van der Waals surface area contributed by atoms with E-state index in [2.05, 4.69) is 4.99 Å². The second kappa shape index (κ2) is 9.07. The van der Waals surface area contributed by atoms with Crippen molar-refractivity contribution in [2.45, 2.75) is 12.7 Å². The number of hydrogen-bond acceptors (Lipinski definition) is 6. The Balaban J connectivity index is 1.46. The van der Waals surface area contributed by atoms with E-state index in [1.165, 1.54) is 11.8 Å². The molecular formula is C26H21N3O4S. The largest absolute Gasteiger partial charge is 0.454 e. The quantitative estimate of drug-likeness (QED) is 0.553. The highest BCUT2D eigenvalue weighted by Gasteiger charge is 2.32. The smallest absolute Gasteiger partial charge is 0.283 e. The maximum absolute atomic E-state index is 13.4. The van der Waals surface area contributed by atoms with Gasteiger partial charge in [-0.15, -0.1) is 0 Å². The number of thioether (sulfide) groups is 1. The van der Waals surface area contributed by atoms with Gasteiger partial charge in [0.15, 0.2) is 16.7 Å². The van der Waals surface area contributed by atoms with Crippen molar-refractivity contribution in [3.8, 4) is 11.5 Å². The molecule has 0 saturated carbocycles. The number of rotatable bonds is 5. The molecular weight excluding hydrogens is 450 g/mol. The second-order valence-electron chi connectivity index (χ2n) is 7.87. The zero-order valence-electron chi connectivity index (χ0n) is 18.4. The Morgan fingerprint density at radius 1 is 1.09 bits per heavy atom. The molecule has 0 spiro atoms. The van der Waals surface area contributed by atoms with Gasteiger partial charge in [-0.05, 0) is 60.5 Å². The molecule has 2 N–H and O–H groups in total. The molecule has 0 radical (unpaired) electrons. The first kappa shape index (κ1) is 21.8. The third kappa shape index (κ3) is 4.40. The third-order valence-corrected chi connectivity index (χ3v) is 6.41. The Morgan fingerprint density at radius 3 is 2.68 bits per heavy atom. The molecule has 0 aliphatic carbocycles. The maximum atomic E-state index is 13.4. The molecule has 170 valence electrons. The van der Waals surface area contributed by atoms with Crippen LogP contribution in [0.15, 0.2) is 77.4 Å². The molecule has 2 aliphatic rings. The summed E-state index contributed by atoms with van der Waals surface area (Å²) in [6.45, 7) is 2.18. The Morgan fingerprint density at radius 2 is 1.88 bits per heavy atom. The topological polar surface area (TPSA) is 94.2 Å². The molecule has 34 heavy (non-hydrogen) atoms. The number of benzene rings is 3. The lowest BCUT2D eigenvalue weighted by molar-refractivity contribution is -0.113. The zero-order chi connectivity index (χ0) is 23.7. The fourth-order valence-corrected chi connectivity index (χ4v) is 4.59. The standard InChI is InChI=1S/C26H21N3O4S/c1-16-5-8-20(9-6-16)29-25(31)21(12-17-7-10-22-23(13-17)33-15-32-22)28-26(29)34-14-18-3-2-4-19(11-18)24(27)30/h2-13H,14-15H2,1H3,(H2,27,30)/b21-12+. The Bertz CT molecular complexity index is 1350. The van der Waals surface area contributed by atoms with Gasteiger partial charge >= 0.3 is 0 Å². The van der Waals surface area contributed by atoms with Crippen molar-refractivity contribution in [2.75, 3.05) is 11.7 Å². The molecule has 7 nitrogen and oxygen atoms in total. The summed E-state index contributed by atoms with van der Waals surface area (Å²) in [5, 5.41) is 0.560. The van der Waals surface area contributed by atoms with Gasteiger partial charge in [0.25, 0.3) is 5.91 Å². The van der Waals surface area contributed by atoms with E-state index in [1.54, 1.807) is 29.2 Å². The Hall–Kier alpha value is -4.04. The van der Waals surface area contributed by atoms with E-state index < -0.39 is 5.91 Å². The number of amides is 2. The van der Waals surface area contributed by atoms with Crippen molar-refractivity contribution in [2.24, 2.45) is 10.7 Å². The van der Waals surface area contributed by atoms with Crippen molar-refractivity contribution in [1.82, 2.24) is 0 Å². The summed E-state index contributed by atoms with van der Waals surface area (Å²) in [5.41, 5.74) is 9.72. The van der Waals surface area contributed by atoms with Crippen LogP contribution in [0.1, 0.15) is 27.0 Å². The molecule has 2 amide bonds. The first-order valence-corrected chi connectivity index (χ1v) is 11.6. The third-order valence-electron chi connectivity index (χ3n) is 5.40. The van der Waals surface area contributed by atoms with Gasteiger partial charge in [-0.2, -0.15) is 0 Å². The van der Waals surface area contributed by atoms with Crippen LogP contribution in [-0.4, -0.2) is 23.8 Å². The van der Waals surface area contributed by atoms with Crippen molar-refractivity contribution < 1.29 is 19.1 Å². The lowest BCUT2D eigenvalue weighted by atomic mass is 10.1. The van der Waals surface area contributed by atoms with Gasteiger partial charge in [0, 0.05) is 11.3 Å². The fourth-order valence-electron chi connectivity index (χ4n) is 3.64. The van der Waals surface area contributed by atoms with Gasteiger partial charge in [0.2, 0.25) is 12.7 Å². The minimum absolute atomic E-state index is 0.186. The van der Waals surface area contributed by atoms with Crippen molar-refractivity contribution in [3.63, 3.8) is 0 Å². The van der Waals surface area contributed by atoms with Crippen LogP contribution in [0.3, 0.4) is 0 Å². The highest BCUT2D eigenvalue weighted by Crippen LogP contribution is 2.35. The summed E-state index contributed by atoms with van der Waals surface area (Å²) in [5.74, 6) is 1.15. The number of fused-ring (bicyclic) bond motifs is 1. The molecule has 0 saturated heterocycles. The molecule has 5 rings (SSSR count). The van der Waals surface area contributed by atoms with E-state index in [0.29, 0.717) is 33.7 Å². The summed E-state index contributed by atoms with van der Waals surface area (Å²) >= 11 is 1.42. The van der Waals surface area contributed by atoms with Crippen molar-refractivity contribution in [1.29, 1.82) is 0 Å².